The minimum atomic E-state index is 1.13. The zero-order chi connectivity index (χ0) is 19.6. The molecule has 154 valence electrons. The van der Waals surface area contributed by atoms with Crippen molar-refractivity contribution in [2.24, 2.45) is 0 Å². The van der Waals surface area contributed by atoms with Crippen LogP contribution in [0.25, 0.3) is 6.08 Å². The van der Waals surface area contributed by atoms with Gasteiger partial charge in [0.05, 0.1) is 0 Å². The number of nitrogens with zero attached hydrogens (tertiary/aromatic N) is 1. The van der Waals surface area contributed by atoms with Crippen LogP contribution in [0.1, 0.15) is 110 Å². The summed E-state index contributed by atoms with van der Waals surface area (Å²) >= 11 is 0. The van der Waals surface area contributed by atoms with Crippen LogP contribution in [0, 0.1) is 0 Å². The third-order valence-corrected chi connectivity index (χ3v) is 5.46. The van der Waals surface area contributed by atoms with Gasteiger partial charge in [0.15, 0.2) is 0 Å². The van der Waals surface area contributed by atoms with Crippen LogP contribution < -0.4 is 0 Å². The molecule has 0 aliphatic carbocycles. The second-order valence-electron chi connectivity index (χ2n) is 7.92. The fraction of sp³-hybridized carbons (Fsp3) is 0.692. The van der Waals surface area contributed by atoms with Crippen LogP contribution >= 0.6 is 0 Å². The van der Waals surface area contributed by atoms with E-state index in [-0.39, 0.29) is 0 Å². The summed E-state index contributed by atoms with van der Waals surface area (Å²) in [4.78, 5) is 2.69. The van der Waals surface area contributed by atoms with Crippen molar-refractivity contribution in [3.63, 3.8) is 0 Å². The summed E-state index contributed by atoms with van der Waals surface area (Å²) in [6.07, 6.45) is 20.1. The Morgan fingerprint density at radius 2 is 1.15 bits per heavy atom. The van der Waals surface area contributed by atoms with Crippen molar-refractivity contribution < 1.29 is 0 Å². The Morgan fingerprint density at radius 3 is 1.63 bits per heavy atom. The molecule has 0 fully saturated rings. The Bertz CT molecular complexity index is 446. The van der Waals surface area contributed by atoms with E-state index in [2.05, 4.69) is 62.1 Å². The molecule has 0 spiro atoms. The molecule has 1 nitrogen and oxygen atoms in total. The molecule has 0 bridgehead atoms. The molecule has 0 aliphatic heterocycles. The van der Waals surface area contributed by atoms with E-state index in [9.17, 15) is 0 Å². The number of unbranched alkanes of at least 4 members (excludes halogenated alkanes) is 10. The lowest BCUT2D eigenvalue weighted by atomic mass is 10.1. The fourth-order valence-corrected chi connectivity index (χ4v) is 3.72. The van der Waals surface area contributed by atoms with Crippen LogP contribution in [-0.4, -0.2) is 18.0 Å². The number of rotatable bonds is 17. The van der Waals surface area contributed by atoms with Crippen LogP contribution in [0.4, 0.5) is 0 Å². The molecule has 0 atom stereocenters. The molecule has 0 aromatic heterocycles. The molecule has 1 rings (SSSR count). The molecule has 0 saturated carbocycles. The molecule has 0 saturated heterocycles. The Hall–Kier alpha value is -1.24. The first-order valence-corrected chi connectivity index (χ1v) is 11.8. The van der Waals surface area contributed by atoms with Crippen molar-refractivity contribution in [3.8, 4) is 0 Å². The predicted octanol–water partition coefficient (Wildman–Crippen LogP) is 8.46. The molecule has 27 heavy (non-hydrogen) atoms. The predicted molar refractivity (Wildman–Crippen MR) is 123 cm³/mol. The van der Waals surface area contributed by atoms with Gasteiger partial charge in [-0.3, -0.25) is 0 Å². The Balaban J connectivity index is 2.54. The van der Waals surface area contributed by atoms with Crippen molar-refractivity contribution in [1.82, 2.24) is 4.90 Å². The molecule has 0 unspecified atom stereocenters. The van der Waals surface area contributed by atoms with Gasteiger partial charge in [-0.15, -0.1) is 0 Å². The van der Waals surface area contributed by atoms with Gasteiger partial charge in [-0.2, -0.15) is 0 Å². The first-order valence-electron chi connectivity index (χ1n) is 11.8. The van der Waals surface area contributed by atoms with Crippen LogP contribution in [-0.2, 0) is 0 Å². The zero-order valence-electron chi connectivity index (χ0n) is 18.5. The normalized spacial score (nSPS) is 11.7. The topological polar surface area (TPSA) is 3.24 Å². The molecule has 0 N–H and O–H groups in total. The highest BCUT2D eigenvalue weighted by atomic mass is 15.1. The molecule has 1 aromatic rings. The second kappa shape index (κ2) is 16.9. The van der Waals surface area contributed by atoms with E-state index in [4.69, 9.17) is 0 Å². The zero-order valence-corrected chi connectivity index (χ0v) is 18.5. The first kappa shape index (κ1) is 23.8. The van der Waals surface area contributed by atoms with Gasteiger partial charge in [-0.25, -0.2) is 0 Å². The Morgan fingerprint density at radius 1 is 0.667 bits per heavy atom. The monoisotopic (exact) mass is 371 g/mol. The highest BCUT2D eigenvalue weighted by Crippen LogP contribution is 2.18. The van der Waals surface area contributed by atoms with Gasteiger partial charge >= 0.3 is 0 Å². The van der Waals surface area contributed by atoms with Gasteiger partial charge in [0, 0.05) is 18.8 Å². The van der Waals surface area contributed by atoms with Gasteiger partial charge < -0.3 is 4.90 Å². The number of benzene rings is 1. The van der Waals surface area contributed by atoms with Crippen molar-refractivity contribution in [2.75, 3.05) is 13.1 Å². The molecule has 0 amide bonds. The number of hydrogen-bond donors (Lipinski definition) is 0. The van der Waals surface area contributed by atoms with Crippen molar-refractivity contribution in [3.05, 3.63) is 41.6 Å². The molecule has 0 heterocycles. The van der Waals surface area contributed by atoms with E-state index in [1.807, 2.05) is 0 Å². The smallest absolute Gasteiger partial charge is 0.0175 e. The highest BCUT2D eigenvalue weighted by molar-refractivity contribution is 5.52. The van der Waals surface area contributed by atoms with E-state index >= 15 is 0 Å². The average Bonchev–Trinajstić information content (AvgIpc) is 2.70. The maximum absolute atomic E-state index is 2.69. The van der Waals surface area contributed by atoms with E-state index in [1.54, 1.807) is 0 Å². The van der Waals surface area contributed by atoms with E-state index in [0.29, 0.717) is 0 Å². The van der Waals surface area contributed by atoms with Gasteiger partial charge in [0.25, 0.3) is 0 Å². The Kier molecular flexibility index (Phi) is 14.9. The summed E-state index contributed by atoms with van der Waals surface area (Å²) in [6, 6.07) is 10.8. The minimum absolute atomic E-state index is 1.13. The lowest BCUT2D eigenvalue weighted by molar-refractivity contribution is 0.317. The summed E-state index contributed by atoms with van der Waals surface area (Å²) in [5.74, 6) is 0. The fourth-order valence-electron chi connectivity index (χ4n) is 3.72. The highest BCUT2D eigenvalue weighted by Gasteiger charge is 2.08. The first-order chi connectivity index (χ1) is 13.3. The van der Waals surface area contributed by atoms with Crippen LogP contribution in [0.2, 0.25) is 0 Å². The number of allylic oxidation sites excluding steroid dienone is 1. The maximum Gasteiger partial charge on any atom is 0.0175 e. The molecular formula is C26H45N. The summed E-state index contributed by atoms with van der Waals surface area (Å²) in [5, 5.41) is 0. The molecule has 0 aliphatic rings. The summed E-state index contributed by atoms with van der Waals surface area (Å²) < 4.78 is 0. The largest absolute Gasteiger partial charge is 0.375 e. The van der Waals surface area contributed by atoms with Crippen molar-refractivity contribution in [1.29, 1.82) is 0 Å². The van der Waals surface area contributed by atoms with Crippen molar-refractivity contribution >= 4 is 6.08 Å². The third-order valence-electron chi connectivity index (χ3n) is 5.46. The second-order valence-corrected chi connectivity index (χ2v) is 7.92. The minimum Gasteiger partial charge on any atom is -0.375 e. The lowest BCUT2D eigenvalue weighted by Gasteiger charge is -2.27. The van der Waals surface area contributed by atoms with Crippen LogP contribution in [0.15, 0.2) is 36.0 Å². The molecular weight excluding hydrogens is 326 g/mol. The molecule has 1 aromatic carbocycles. The van der Waals surface area contributed by atoms with E-state index in [1.165, 1.54) is 101 Å². The maximum atomic E-state index is 2.69. The van der Waals surface area contributed by atoms with Gasteiger partial charge in [0.1, 0.15) is 0 Å². The standard InChI is InChI=1S/C26H45N/c1-4-7-9-11-13-18-22-27(23-19-14-12-10-8-5-2)26(6-3)24-25-20-16-15-17-21-25/h15-17,20-21,24H,4-14,18-19,22-23H2,1-3H3. The van der Waals surface area contributed by atoms with Crippen LogP contribution in [0.5, 0.6) is 0 Å². The third kappa shape index (κ3) is 12.0. The Labute approximate surface area is 170 Å². The lowest BCUT2D eigenvalue weighted by Crippen LogP contribution is -2.25. The SMILES string of the molecule is CCCCCCCCN(CCCCCCCC)C(=Cc1ccccc1)CC. The summed E-state index contributed by atoms with van der Waals surface area (Å²) in [5.41, 5.74) is 2.86. The average molecular weight is 372 g/mol. The van der Waals surface area contributed by atoms with Gasteiger partial charge in [0.2, 0.25) is 0 Å². The van der Waals surface area contributed by atoms with Crippen LogP contribution in [0.3, 0.4) is 0 Å². The molecule has 1 heteroatoms. The van der Waals surface area contributed by atoms with Gasteiger partial charge in [-0.05, 0) is 30.9 Å². The van der Waals surface area contributed by atoms with E-state index < -0.39 is 0 Å². The number of hydrogen-bond acceptors (Lipinski definition) is 1. The van der Waals surface area contributed by atoms with E-state index in [0.717, 1.165) is 6.42 Å². The summed E-state index contributed by atoms with van der Waals surface area (Å²) in [6.45, 7) is 9.36. The molecule has 0 radical (unpaired) electrons. The van der Waals surface area contributed by atoms with Gasteiger partial charge in [-0.1, -0.05) is 115 Å². The van der Waals surface area contributed by atoms with Crippen molar-refractivity contribution in [2.45, 2.75) is 104 Å². The quantitative estimate of drug-likeness (QED) is 0.248. The summed E-state index contributed by atoms with van der Waals surface area (Å²) in [7, 11) is 0.